The highest BCUT2D eigenvalue weighted by molar-refractivity contribution is 9.10. The van der Waals surface area contributed by atoms with Crippen LogP contribution in [0.5, 0.6) is 0 Å². The van der Waals surface area contributed by atoms with Crippen molar-refractivity contribution in [1.29, 1.82) is 0 Å². The molecule has 0 radical (unpaired) electrons. The number of hydrogen-bond donors (Lipinski definition) is 1. The quantitative estimate of drug-likeness (QED) is 0.624. The van der Waals surface area contributed by atoms with Crippen molar-refractivity contribution >= 4 is 21.7 Å². The molecule has 0 bridgehead atoms. The van der Waals surface area contributed by atoms with Crippen LogP contribution in [0.25, 0.3) is 0 Å². The van der Waals surface area contributed by atoms with Crippen LogP contribution in [0, 0.1) is 0 Å². The third kappa shape index (κ3) is 4.19. The Balaban J connectivity index is 1.69. The third-order valence-electron chi connectivity index (χ3n) is 3.88. The maximum atomic E-state index is 10.5. The number of pyridine rings is 1. The maximum absolute atomic E-state index is 10.5. The number of hydrogen-bond acceptors (Lipinski definition) is 4. The van der Waals surface area contributed by atoms with E-state index >= 15 is 0 Å². The van der Waals surface area contributed by atoms with Crippen molar-refractivity contribution in [2.45, 2.75) is 31.6 Å². The molecule has 0 spiro atoms. The summed E-state index contributed by atoms with van der Waals surface area (Å²) in [5, 5.41) is 11.8. The molecule has 1 N–H and O–H groups in total. The van der Waals surface area contributed by atoms with Gasteiger partial charge in [-0.05, 0) is 46.5 Å². The molecule has 0 aliphatic heterocycles. The van der Waals surface area contributed by atoms with Crippen LogP contribution in [0.1, 0.15) is 18.4 Å². The molecule has 0 unspecified atom stereocenters. The van der Waals surface area contributed by atoms with Gasteiger partial charge in [0.15, 0.2) is 5.82 Å². The minimum atomic E-state index is -0.167. The summed E-state index contributed by atoms with van der Waals surface area (Å²) in [6, 6.07) is 13.6. The van der Waals surface area contributed by atoms with Crippen molar-refractivity contribution in [2.75, 3.05) is 5.06 Å². The Kier molecular flexibility index (Phi) is 5.43. The molecule has 3 rings (SSSR count). The Morgan fingerprint density at radius 1 is 1.22 bits per heavy atom. The maximum Gasteiger partial charge on any atom is 0.152 e. The molecule has 0 fully saturated rings. The number of allylic oxidation sites excluding steroid dienone is 1. The lowest BCUT2D eigenvalue weighted by Gasteiger charge is -2.34. The Bertz CT molecular complexity index is 646. The normalized spacial score (nSPS) is 20.4. The predicted molar refractivity (Wildman–Crippen MR) is 93.4 cm³/mol. The average Bonchev–Trinajstić information content (AvgIpc) is 2.61. The van der Waals surface area contributed by atoms with Crippen molar-refractivity contribution in [3.8, 4) is 0 Å². The van der Waals surface area contributed by atoms with Crippen molar-refractivity contribution in [2.24, 2.45) is 0 Å². The highest BCUT2D eigenvalue weighted by Gasteiger charge is 2.28. The Labute approximate surface area is 144 Å². The van der Waals surface area contributed by atoms with Gasteiger partial charge in [-0.1, -0.05) is 42.5 Å². The van der Waals surface area contributed by atoms with E-state index in [2.05, 4.69) is 27.0 Å². The van der Waals surface area contributed by atoms with Gasteiger partial charge >= 0.3 is 0 Å². The van der Waals surface area contributed by atoms with Crippen LogP contribution in [0.15, 0.2) is 65.3 Å². The van der Waals surface area contributed by atoms with Gasteiger partial charge in [0, 0.05) is 10.7 Å². The van der Waals surface area contributed by atoms with E-state index in [0.29, 0.717) is 12.4 Å². The van der Waals surface area contributed by atoms with E-state index < -0.39 is 0 Å². The molecule has 23 heavy (non-hydrogen) atoms. The SMILES string of the molecule is ON(c1ccc(Br)cn1)[C@@H]1CCC=C[C@H]1OCc1ccccc1. The summed E-state index contributed by atoms with van der Waals surface area (Å²) >= 11 is 3.35. The van der Waals surface area contributed by atoms with E-state index in [1.807, 2.05) is 42.5 Å². The molecule has 2 atom stereocenters. The van der Waals surface area contributed by atoms with E-state index in [1.54, 1.807) is 12.3 Å². The zero-order valence-corrected chi connectivity index (χ0v) is 14.3. The molecule has 1 aliphatic rings. The molecule has 1 heterocycles. The van der Waals surface area contributed by atoms with E-state index in [1.165, 1.54) is 5.06 Å². The predicted octanol–water partition coefficient (Wildman–Crippen LogP) is 4.34. The van der Waals surface area contributed by atoms with E-state index in [9.17, 15) is 5.21 Å². The van der Waals surface area contributed by atoms with Gasteiger partial charge < -0.3 is 4.74 Å². The zero-order valence-electron chi connectivity index (χ0n) is 12.7. The zero-order chi connectivity index (χ0) is 16.1. The molecular weight excluding hydrogens is 356 g/mol. The fourth-order valence-electron chi connectivity index (χ4n) is 2.66. The third-order valence-corrected chi connectivity index (χ3v) is 4.35. The van der Waals surface area contributed by atoms with Gasteiger partial charge in [-0.25, -0.2) is 10.0 Å². The van der Waals surface area contributed by atoms with Crippen LogP contribution in [0.4, 0.5) is 5.82 Å². The second-order valence-electron chi connectivity index (χ2n) is 5.51. The number of aromatic nitrogens is 1. The summed E-state index contributed by atoms with van der Waals surface area (Å²) in [5.41, 5.74) is 1.12. The summed E-state index contributed by atoms with van der Waals surface area (Å²) in [4.78, 5) is 4.26. The molecular formula is C18H19BrN2O2. The number of halogens is 1. The first kappa shape index (κ1) is 16.2. The van der Waals surface area contributed by atoms with E-state index in [-0.39, 0.29) is 12.1 Å². The second kappa shape index (κ2) is 7.73. The van der Waals surface area contributed by atoms with Crippen LogP contribution in [0.2, 0.25) is 0 Å². The number of benzene rings is 1. The number of rotatable bonds is 5. The Morgan fingerprint density at radius 2 is 2.04 bits per heavy atom. The largest absolute Gasteiger partial charge is 0.367 e. The Morgan fingerprint density at radius 3 is 2.78 bits per heavy atom. The average molecular weight is 375 g/mol. The molecule has 0 saturated carbocycles. The van der Waals surface area contributed by atoms with Gasteiger partial charge in [-0.2, -0.15) is 0 Å². The number of hydroxylamine groups is 1. The van der Waals surface area contributed by atoms with Gasteiger partial charge in [-0.15, -0.1) is 0 Å². The number of nitrogens with zero attached hydrogens (tertiary/aromatic N) is 2. The van der Waals surface area contributed by atoms with Crippen LogP contribution in [-0.2, 0) is 11.3 Å². The molecule has 2 aromatic rings. The number of anilines is 1. The van der Waals surface area contributed by atoms with Gasteiger partial charge in [0.25, 0.3) is 0 Å². The fraction of sp³-hybridized carbons (Fsp3) is 0.278. The summed E-state index contributed by atoms with van der Waals surface area (Å²) in [7, 11) is 0. The molecule has 5 heteroatoms. The monoisotopic (exact) mass is 374 g/mol. The molecule has 1 aromatic heterocycles. The first-order valence-electron chi connectivity index (χ1n) is 7.66. The highest BCUT2D eigenvalue weighted by Crippen LogP contribution is 2.25. The molecule has 1 aromatic carbocycles. The summed E-state index contributed by atoms with van der Waals surface area (Å²) < 4.78 is 6.91. The Hall–Kier alpha value is -1.69. The van der Waals surface area contributed by atoms with Crippen molar-refractivity contribution in [3.05, 3.63) is 70.8 Å². The lowest BCUT2D eigenvalue weighted by molar-refractivity contribution is 0.0241. The summed E-state index contributed by atoms with van der Waals surface area (Å²) in [5.74, 6) is 0.529. The van der Waals surface area contributed by atoms with Crippen molar-refractivity contribution < 1.29 is 9.94 Å². The minimum absolute atomic E-state index is 0.141. The topological polar surface area (TPSA) is 45.6 Å². The van der Waals surface area contributed by atoms with Crippen LogP contribution >= 0.6 is 15.9 Å². The van der Waals surface area contributed by atoms with Crippen molar-refractivity contribution in [3.63, 3.8) is 0 Å². The van der Waals surface area contributed by atoms with Gasteiger partial charge in [0.05, 0.1) is 18.8 Å². The highest BCUT2D eigenvalue weighted by atomic mass is 79.9. The summed E-state index contributed by atoms with van der Waals surface area (Å²) in [6.07, 6.45) is 7.39. The van der Waals surface area contributed by atoms with Gasteiger partial charge in [0.1, 0.15) is 0 Å². The molecule has 4 nitrogen and oxygen atoms in total. The van der Waals surface area contributed by atoms with E-state index in [0.717, 1.165) is 22.9 Å². The molecule has 120 valence electrons. The van der Waals surface area contributed by atoms with Crippen LogP contribution in [-0.4, -0.2) is 22.3 Å². The number of ether oxygens (including phenoxy) is 1. The standard InChI is InChI=1S/C18H19BrN2O2/c19-15-10-11-18(20-12-15)21(22)16-8-4-5-9-17(16)23-13-14-6-2-1-3-7-14/h1-3,5-7,9-12,16-17,22H,4,8,13H2/t16-,17-/m1/s1. The summed E-state index contributed by atoms with van der Waals surface area (Å²) in [6.45, 7) is 0.522. The first-order valence-corrected chi connectivity index (χ1v) is 8.45. The van der Waals surface area contributed by atoms with E-state index in [4.69, 9.17) is 4.74 Å². The lowest BCUT2D eigenvalue weighted by atomic mass is 9.98. The lowest BCUT2D eigenvalue weighted by Crippen LogP contribution is -2.44. The van der Waals surface area contributed by atoms with Crippen molar-refractivity contribution in [1.82, 2.24) is 4.98 Å². The molecule has 0 amide bonds. The second-order valence-corrected chi connectivity index (χ2v) is 6.43. The molecule has 1 aliphatic carbocycles. The first-order chi connectivity index (χ1) is 11.2. The van der Waals surface area contributed by atoms with Gasteiger partial charge in [-0.3, -0.25) is 5.21 Å². The smallest absolute Gasteiger partial charge is 0.152 e. The minimum Gasteiger partial charge on any atom is -0.367 e. The van der Waals surface area contributed by atoms with Crippen LogP contribution < -0.4 is 5.06 Å². The van der Waals surface area contributed by atoms with Crippen LogP contribution in [0.3, 0.4) is 0 Å². The molecule has 0 saturated heterocycles. The van der Waals surface area contributed by atoms with Gasteiger partial charge in [0.2, 0.25) is 0 Å². The fourth-order valence-corrected chi connectivity index (χ4v) is 2.89.